The molecule has 1 aromatic carbocycles. The van der Waals surface area contributed by atoms with E-state index >= 15 is 0 Å². The van der Waals surface area contributed by atoms with Crippen molar-refractivity contribution in [1.82, 2.24) is 0 Å². The SMILES string of the molecule is O=C(O)CC1CCCN1c1ccc(I)cc1[N+](=O)[O-]. The van der Waals surface area contributed by atoms with E-state index in [1.165, 1.54) is 6.07 Å². The number of nitro groups is 1. The molecule has 1 fully saturated rings. The quantitative estimate of drug-likeness (QED) is 0.496. The van der Waals surface area contributed by atoms with Gasteiger partial charge in [0.25, 0.3) is 5.69 Å². The molecule has 0 aromatic heterocycles. The topological polar surface area (TPSA) is 83.7 Å². The monoisotopic (exact) mass is 376 g/mol. The van der Waals surface area contributed by atoms with Crippen LogP contribution in [0.1, 0.15) is 19.3 Å². The molecule has 0 aliphatic carbocycles. The molecule has 1 unspecified atom stereocenters. The third kappa shape index (κ3) is 3.14. The van der Waals surface area contributed by atoms with E-state index in [1.807, 2.05) is 27.5 Å². The largest absolute Gasteiger partial charge is 0.481 e. The fraction of sp³-hybridized carbons (Fsp3) is 0.417. The van der Waals surface area contributed by atoms with E-state index in [0.717, 1.165) is 16.4 Å². The first-order valence-corrected chi connectivity index (χ1v) is 6.99. The maximum Gasteiger partial charge on any atom is 0.305 e. The Kier molecular flexibility index (Phi) is 4.23. The van der Waals surface area contributed by atoms with Crippen LogP contribution in [-0.4, -0.2) is 28.6 Å². The van der Waals surface area contributed by atoms with Crippen LogP contribution < -0.4 is 4.90 Å². The number of anilines is 1. The molecule has 1 aliphatic heterocycles. The van der Waals surface area contributed by atoms with Crippen LogP contribution in [0, 0.1) is 13.7 Å². The van der Waals surface area contributed by atoms with Gasteiger partial charge >= 0.3 is 5.97 Å². The minimum atomic E-state index is -0.870. The molecular formula is C12H13IN2O4. The summed E-state index contributed by atoms with van der Waals surface area (Å²) in [5.74, 6) is -0.870. The first kappa shape index (κ1) is 14.0. The van der Waals surface area contributed by atoms with Gasteiger partial charge in [-0.1, -0.05) is 0 Å². The molecule has 7 heteroatoms. The highest BCUT2D eigenvalue weighted by Gasteiger charge is 2.31. The Morgan fingerprint density at radius 3 is 2.95 bits per heavy atom. The van der Waals surface area contributed by atoms with E-state index in [2.05, 4.69) is 0 Å². The number of aliphatic carboxylic acids is 1. The van der Waals surface area contributed by atoms with Gasteiger partial charge in [0.2, 0.25) is 0 Å². The fourth-order valence-corrected chi connectivity index (χ4v) is 2.93. The number of carbonyl (C=O) groups is 1. The number of hydrogen-bond donors (Lipinski definition) is 1. The lowest BCUT2D eigenvalue weighted by molar-refractivity contribution is -0.384. The van der Waals surface area contributed by atoms with Crippen molar-refractivity contribution >= 4 is 39.9 Å². The lowest BCUT2D eigenvalue weighted by atomic mass is 10.1. The third-order valence-electron chi connectivity index (χ3n) is 3.23. The third-order valence-corrected chi connectivity index (χ3v) is 3.90. The standard InChI is InChI=1S/C12H13IN2O4/c13-8-3-4-10(11(6-8)15(18)19)14-5-1-2-9(14)7-12(16)17/h3-4,6,9H,1-2,5,7H2,(H,16,17). The van der Waals surface area contributed by atoms with Crippen molar-refractivity contribution in [3.8, 4) is 0 Å². The van der Waals surface area contributed by atoms with Crippen molar-refractivity contribution in [2.24, 2.45) is 0 Å². The Morgan fingerprint density at radius 1 is 1.58 bits per heavy atom. The van der Waals surface area contributed by atoms with Crippen molar-refractivity contribution in [2.45, 2.75) is 25.3 Å². The van der Waals surface area contributed by atoms with Crippen LogP contribution in [-0.2, 0) is 4.79 Å². The summed E-state index contributed by atoms with van der Waals surface area (Å²) in [5.41, 5.74) is 0.568. The zero-order valence-corrected chi connectivity index (χ0v) is 12.2. The number of carboxylic acids is 1. The Hall–Kier alpha value is -1.38. The average molecular weight is 376 g/mol. The van der Waals surface area contributed by atoms with Crippen LogP contribution in [0.4, 0.5) is 11.4 Å². The highest BCUT2D eigenvalue weighted by atomic mass is 127. The molecule has 0 spiro atoms. The minimum absolute atomic E-state index is 0.0170. The minimum Gasteiger partial charge on any atom is -0.481 e. The molecule has 0 radical (unpaired) electrons. The number of rotatable bonds is 4. The molecule has 1 aliphatic rings. The van der Waals surface area contributed by atoms with Gasteiger partial charge in [-0.25, -0.2) is 0 Å². The summed E-state index contributed by atoms with van der Waals surface area (Å²) >= 11 is 2.03. The molecule has 1 aromatic rings. The normalized spacial score (nSPS) is 18.6. The van der Waals surface area contributed by atoms with Gasteiger partial charge in [0.1, 0.15) is 5.69 Å². The molecule has 1 atom stereocenters. The summed E-state index contributed by atoms with van der Waals surface area (Å²) in [6, 6.07) is 4.88. The van der Waals surface area contributed by atoms with Crippen LogP contribution in [0.2, 0.25) is 0 Å². The predicted molar refractivity (Wildman–Crippen MR) is 78.4 cm³/mol. The van der Waals surface area contributed by atoms with Crippen LogP contribution in [0.3, 0.4) is 0 Å². The first-order chi connectivity index (χ1) is 8.99. The van der Waals surface area contributed by atoms with E-state index in [-0.39, 0.29) is 18.2 Å². The molecule has 2 rings (SSSR count). The predicted octanol–water partition coefficient (Wildman–Crippen LogP) is 2.64. The van der Waals surface area contributed by atoms with E-state index in [4.69, 9.17) is 5.11 Å². The smallest absolute Gasteiger partial charge is 0.305 e. The Morgan fingerprint density at radius 2 is 2.32 bits per heavy atom. The first-order valence-electron chi connectivity index (χ1n) is 5.91. The number of halogens is 1. The number of nitrogens with zero attached hydrogens (tertiary/aromatic N) is 2. The zero-order valence-electron chi connectivity index (χ0n) is 10.1. The number of benzene rings is 1. The number of hydrogen-bond acceptors (Lipinski definition) is 4. The van der Waals surface area contributed by atoms with E-state index in [0.29, 0.717) is 12.2 Å². The molecule has 0 saturated carbocycles. The molecule has 0 amide bonds. The maximum atomic E-state index is 11.1. The van der Waals surface area contributed by atoms with Crippen molar-refractivity contribution in [3.05, 3.63) is 31.9 Å². The molecule has 19 heavy (non-hydrogen) atoms. The summed E-state index contributed by atoms with van der Waals surface area (Å²) in [5, 5.41) is 20.0. The molecule has 1 heterocycles. The highest BCUT2D eigenvalue weighted by molar-refractivity contribution is 14.1. The van der Waals surface area contributed by atoms with Gasteiger partial charge in [-0.2, -0.15) is 0 Å². The van der Waals surface area contributed by atoms with Gasteiger partial charge in [0.05, 0.1) is 11.3 Å². The van der Waals surface area contributed by atoms with Crippen LogP contribution in [0.15, 0.2) is 18.2 Å². The van der Waals surface area contributed by atoms with Crippen molar-refractivity contribution < 1.29 is 14.8 Å². The Balaban J connectivity index is 2.35. The van der Waals surface area contributed by atoms with Gasteiger partial charge in [-0.3, -0.25) is 14.9 Å². The zero-order chi connectivity index (χ0) is 14.0. The molecule has 102 valence electrons. The van der Waals surface area contributed by atoms with Gasteiger partial charge in [-0.15, -0.1) is 0 Å². The molecule has 6 nitrogen and oxygen atoms in total. The Bertz CT molecular complexity index is 520. The van der Waals surface area contributed by atoms with Crippen LogP contribution in [0.5, 0.6) is 0 Å². The van der Waals surface area contributed by atoms with Gasteiger partial charge in [0.15, 0.2) is 0 Å². The highest BCUT2D eigenvalue weighted by Crippen LogP contribution is 2.35. The second-order valence-electron chi connectivity index (χ2n) is 4.48. The average Bonchev–Trinajstić information content (AvgIpc) is 2.76. The second-order valence-corrected chi connectivity index (χ2v) is 5.72. The maximum absolute atomic E-state index is 11.1. The van der Waals surface area contributed by atoms with Gasteiger partial charge in [-0.05, 0) is 47.6 Å². The van der Waals surface area contributed by atoms with Crippen molar-refractivity contribution in [2.75, 3.05) is 11.4 Å². The lowest BCUT2D eigenvalue weighted by Gasteiger charge is -2.25. The number of carboxylic acid groups (broad SMARTS) is 1. The summed E-state index contributed by atoms with van der Waals surface area (Å²) in [4.78, 5) is 23.4. The van der Waals surface area contributed by atoms with Crippen LogP contribution >= 0.6 is 22.6 Å². The van der Waals surface area contributed by atoms with Crippen LogP contribution in [0.25, 0.3) is 0 Å². The van der Waals surface area contributed by atoms with Gasteiger partial charge < -0.3 is 10.0 Å². The van der Waals surface area contributed by atoms with E-state index < -0.39 is 10.9 Å². The molecular weight excluding hydrogens is 363 g/mol. The van der Waals surface area contributed by atoms with E-state index in [1.54, 1.807) is 12.1 Å². The second kappa shape index (κ2) is 5.72. The van der Waals surface area contributed by atoms with Crippen molar-refractivity contribution in [1.29, 1.82) is 0 Å². The molecule has 0 bridgehead atoms. The van der Waals surface area contributed by atoms with E-state index in [9.17, 15) is 14.9 Å². The summed E-state index contributed by atoms with van der Waals surface area (Å²) in [6.45, 7) is 0.666. The molecule has 1 saturated heterocycles. The lowest BCUT2D eigenvalue weighted by Crippen LogP contribution is -2.31. The van der Waals surface area contributed by atoms with Crippen molar-refractivity contribution in [3.63, 3.8) is 0 Å². The summed E-state index contributed by atoms with van der Waals surface area (Å²) in [6.07, 6.45) is 1.64. The summed E-state index contributed by atoms with van der Waals surface area (Å²) < 4.78 is 0.794. The Labute approximate surface area is 123 Å². The number of nitro benzene ring substituents is 1. The molecule has 1 N–H and O–H groups in total. The summed E-state index contributed by atoms with van der Waals surface area (Å²) in [7, 11) is 0. The van der Waals surface area contributed by atoms with Gasteiger partial charge in [0, 0.05) is 22.2 Å². The fourth-order valence-electron chi connectivity index (χ4n) is 2.45.